The quantitative estimate of drug-likeness (QED) is 0.489. The van der Waals surface area contributed by atoms with Gasteiger partial charge in [-0.2, -0.15) is 0 Å². The zero-order chi connectivity index (χ0) is 15.2. The molecule has 0 spiro atoms. The predicted molar refractivity (Wildman–Crippen MR) is 85.4 cm³/mol. The fourth-order valence-corrected chi connectivity index (χ4v) is 5.35. The van der Waals surface area contributed by atoms with E-state index in [0.717, 1.165) is 26.0 Å². The van der Waals surface area contributed by atoms with Gasteiger partial charge in [0.15, 0.2) is 0 Å². The number of carbonyl (C=O) groups excluding carboxylic acids is 1. The molecule has 1 aromatic rings. The second-order valence-corrected chi connectivity index (χ2v) is 9.19. The Kier molecular flexibility index (Phi) is 7.67. The number of hydrogen-bond donors (Lipinski definition) is 1. The molecule has 0 unspecified atom stereocenters. The van der Waals surface area contributed by atoms with E-state index in [1.165, 1.54) is 7.11 Å². The fourth-order valence-electron chi connectivity index (χ4n) is 1.41. The van der Waals surface area contributed by atoms with Crippen molar-refractivity contribution >= 4 is 59.2 Å². The summed E-state index contributed by atoms with van der Waals surface area (Å²) in [6.45, 7) is 0.358. The Morgan fingerprint density at radius 1 is 1.35 bits per heavy atom. The van der Waals surface area contributed by atoms with E-state index in [4.69, 9.17) is 0 Å². The summed E-state index contributed by atoms with van der Waals surface area (Å²) in [5, 5.41) is 0. The Labute approximate surface area is 139 Å². The van der Waals surface area contributed by atoms with Crippen molar-refractivity contribution in [2.45, 2.75) is 29.9 Å². The van der Waals surface area contributed by atoms with Crippen molar-refractivity contribution < 1.29 is 17.9 Å². The van der Waals surface area contributed by atoms with E-state index in [1.54, 1.807) is 6.07 Å². The van der Waals surface area contributed by atoms with E-state index in [2.05, 4.69) is 41.3 Å². The molecule has 1 rings (SSSR count). The average molecular weight is 449 g/mol. The van der Waals surface area contributed by atoms with Crippen molar-refractivity contribution in [1.82, 2.24) is 4.72 Å². The van der Waals surface area contributed by atoms with Gasteiger partial charge in [-0.05, 0) is 50.8 Å². The number of hydrogen-bond acceptors (Lipinski definition) is 5. The van der Waals surface area contributed by atoms with Crippen LogP contribution in [0.3, 0.4) is 0 Å². The first kappa shape index (κ1) is 18.1. The number of rotatable bonds is 8. The molecule has 0 atom stereocenters. The van der Waals surface area contributed by atoms with Gasteiger partial charge in [0.2, 0.25) is 10.0 Å². The highest BCUT2D eigenvalue weighted by molar-refractivity contribution is 9.13. The van der Waals surface area contributed by atoms with Crippen LogP contribution < -0.4 is 4.72 Å². The lowest BCUT2D eigenvalue weighted by atomic mass is 10.2. The molecule has 1 N–H and O–H groups in total. The molecule has 0 aliphatic rings. The van der Waals surface area contributed by atoms with Crippen molar-refractivity contribution in [1.29, 1.82) is 0 Å². The molecule has 0 saturated carbocycles. The van der Waals surface area contributed by atoms with Gasteiger partial charge in [0.1, 0.15) is 4.21 Å². The Morgan fingerprint density at radius 3 is 2.60 bits per heavy atom. The number of ether oxygens (including phenoxy) is 1. The van der Waals surface area contributed by atoms with Gasteiger partial charge in [-0.25, -0.2) is 13.1 Å². The summed E-state index contributed by atoms with van der Waals surface area (Å²) in [4.78, 5) is 10.9. The smallest absolute Gasteiger partial charge is 0.305 e. The summed E-state index contributed by atoms with van der Waals surface area (Å²) in [5.41, 5.74) is 0. The van der Waals surface area contributed by atoms with Crippen LogP contribution >= 0.6 is 43.2 Å². The maximum absolute atomic E-state index is 12.0. The molecule has 0 radical (unpaired) electrons. The number of unbranched alkanes of at least 4 members (excludes halogenated alkanes) is 2. The number of halogens is 2. The van der Waals surface area contributed by atoms with E-state index in [9.17, 15) is 13.2 Å². The lowest BCUT2D eigenvalue weighted by Crippen LogP contribution is -2.24. The Hall–Kier alpha value is 0.0400. The number of nitrogens with one attached hydrogen (secondary N) is 1. The van der Waals surface area contributed by atoms with Crippen molar-refractivity contribution in [3.05, 3.63) is 14.3 Å². The van der Waals surface area contributed by atoms with Crippen LogP contribution in [-0.4, -0.2) is 28.0 Å². The summed E-state index contributed by atoms with van der Waals surface area (Å²) in [5.74, 6) is -0.237. The number of carbonyl (C=O) groups is 1. The fraction of sp³-hybridized carbons (Fsp3) is 0.545. The van der Waals surface area contributed by atoms with Gasteiger partial charge < -0.3 is 4.74 Å². The molecule has 1 heterocycles. The lowest BCUT2D eigenvalue weighted by Gasteiger charge is -2.04. The first-order chi connectivity index (χ1) is 9.36. The van der Waals surface area contributed by atoms with Crippen LogP contribution in [0.1, 0.15) is 25.7 Å². The molecular formula is C11H15Br2NO4S2. The molecule has 114 valence electrons. The topological polar surface area (TPSA) is 72.5 Å². The van der Waals surface area contributed by atoms with Crippen LogP contribution in [0.4, 0.5) is 0 Å². The predicted octanol–water partition coefficient (Wildman–Crippen LogP) is 3.28. The molecule has 0 bridgehead atoms. The second-order valence-electron chi connectivity index (χ2n) is 3.97. The lowest BCUT2D eigenvalue weighted by molar-refractivity contribution is -0.140. The van der Waals surface area contributed by atoms with E-state index >= 15 is 0 Å². The Morgan fingerprint density at radius 2 is 2.05 bits per heavy atom. The van der Waals surface area contributed by atoms with Crippen LogP contribution in [0.15, 0.2) is 18.5 Å². The van der Waals surface area contributed by atoms with Crippen molar-refractivity contribution in [3.63, 3.8) is 0 Å². The van der Waals surface area contributed by atoms with Crippen LogP contribution in [0.25, 0.3) is 0 Å². The SMILES string of the molecule is COC(=O)CCCCCNS(=O)(=O)c1cc(Br)c(Br)s1. The van der Waals surface area contributed by atoms with Crippen LogP contribution in [-0.2, 0) is 19.6 Å². The molecule has 1 aromatic heterocycles. The molecule has 5 nitrogen and oxygen atoms in total. The summed E-state index contributed by atoms with van der Waals surface area (Å²) in [6.07, 6.45) is 2.53. The molecule has 0 aliphatic carbocycles. The van der Waals surface area contributed by atoms with Crippen LogP contribution in [0, 0.1) is 0 Å². The third-order valence-corrected chi connectivity index (χ3v) is 7.66. The first-order valence-corrected chi connectivity index (χ1v) is 9.76. The van der Waals surface area contributed by atoms with Gasteiger partial charge in [0.05, 0.1) is 10.9 Å². The molecule has 9 heteroatoms. The molecule has 0 aromatic carbocycles. The molecule has 0 fully saturated rings. The number of thiophene rings is 1. The second kappa shape index (κ2) is 8.47. The standard InChI is InChI=1S/C11H15Br2NO4S2/c1-18-9(15)5-3-2-4-6-14-20(16,17)10-7-8(12)11(13)19-10/h7,14H,2-6H2,1H3. The maximum Gasteiger partial charge on any atom is 0.305 e. The third kappa shape index (κ3) is 5.80. The third-order valence-electron chi connectivity index (χ3n) is 2.46. The highest BCUT2D eigenvalue weighted by Crippen LogP contribution is 2.34. The minimum atomic E-state index is -3.45. The molecular weight excluding hydrogens is 434 g/mol. The van der Waals surface area contributed by atoms with Crippen LogP contribution in [0.5, 0.6) is 0 Å². The number of methoxy groups -OCH3 is 1. The summed E-state index contributed by atoms with van der Waals surface area (Å²) in [7, 11) is -2.10. The molecule has 0 aliphatic heterocycles. The zero-order valence-electron chi connectivity index (χ0n) is 10.8. The van der Waals surface area contributed by atoms with E-state index in [0.29, 0.717) is 25.8 Å². The maximum atomic E-state index is 12.0. The van der Waals surface area contributed by atoms with Crippen molar-refractivity contribution in [2.24, 2.45) is 0 Å². The minimum Gasteiger partial charge on any atom is -0.469 e. The highest BCUT2D eigenvalue weighted by Gasteiger charge is 2.18. The summed E-state index contributed by atoms with van der Waals surface area (Å²) in [6, 6.07) is 1.56. The van der Waals surface area contributed by atoms with Gasteiger partial charge >= 0.3 is 5.97 Å². The molecule has 0 amide bonds. The van der Waals surface area contributed by atoms with Gasteiger partial charge in [0.25, 0.3) is 0 Å². The van der Waals surface area contributed by atoms with Gasteiger partial charge in [-0.3, -0.25) is 4.79 Å². The Balaban J connectivity index is 2.32. The zero-order valence-corrected chi connectivity index (χ0v) is 15.6. The van der Waals surface area contributed by atoms with Gasteiger partial charge in [-0.1, -0.05) is 6.42 Å². The Bertz CT molecular complexity index is 537. The van der Waals surface area contributed by atoms with E-state index in [-0.39, 0.29) is 10.2 Å². The minimum absolute atomic E-state index is 0.237. The largest absolute Gasteiger partial charge is 0.469 e. The van der Waals surface area contributed by atoms with Gasteiger partial charge in [-0.15, -0.1) is 11.3 Å². The molecule has 0 saturated heterocycles. The highest BCUT2D eigenvalue weighted by atomic mass is 79.9. The normalized spacial score (nSPS) is 11.6. The van der Waals surface area contributed by atoms with Crippen molar-refractivity contribution in [3.8, 4) is 0 Å². The summed E-state index contributed by atoms with van der Waals surface area (Å²) >= 11 is 7.68. The van der Waals surface area contributed by atoms with Crippen molar-refractivity contribution in [2.75, 3.05) is 13.7 Å². The van der Waals surface area contributed by atoms with Gasteiger partial charge in [0, 0.05) is 17.4 Å². The average Bonchev–Trinajstić information content (AvgIpc) is 2.74. The van der Waals surface area contributed by atoms with E-state index < -0.39 is 10.0 Å². The number of esters is 1. The van der Waals surface area contributed by atoms with E-state index in [1.807, 2.05) is 0 Å². The number of sulfonamides is 1. The first-order valence-electron chi connectivity index (χ1n) is 5.88. The molecule has 20 heavy (non-hydrogen) atoms. The monoisotopic (exact) mass is 447 g/mol. The summed E-state index contributed by atoms with van der Waals surface area (Å²) < 4.78 is 32.7. The van der Waals surface area contributed by atoms with Crippen LogP contribution in [0.2, 0.25) is 0 Å².